The maximum Gasteiger partial charge on any atom is 0.133 e. The van der Waals surface area contributed by atoms with E-state index in [2.05, 4.69) is 5.10 Å². The molecule has 3 nitrogen and oxygen atoms in total. The standard InChI is InChI=1S/C10H16N2O/c1-3-4-10(13)6-5-9-7-8-11-12(9)2/h7-8H,3-6H2,1-2H3. The fraction of sp³-hybridized carbons (Fsp3) is 0.600. The zero-order chi connectivity index (χ0) is 9.68. The molecule has 0 radical (unpaired) electrons. The van der Waals surface area contributed by atoms with Gasteiger partial charge in [0, 0.05) is 31.8 Å². The molecule has 1 rings (SSSR count). The topological polar surface area (TPSA) is 34.9 Å². The molecule has 0 saturated heterocycles. The molecule has 0 bridgehead atoms. The van der Waals surface area contributed by atoms with Crippen molar-refractivity contribution in [3.05, 3.63) is 18.0 Å². The molecule has 1 aromatic heterocycles. The first kappa shape index (κ1) is 9.96. The van der Waals surface area contributed by atoms with Crippen LogP contribution in [0.1, 0.15) is 31.9 Å². The summed E-state index contributed by atoms with van der Waals surface area (Å²) in [5, 5.41) is 4.05. The van der Waals surface area contributed by atoms with E-state index in [-0.39, 0.29) is 0 Å². The highest BCUT2D eigenvalue weighted by Gasteiger charge is 2.03. The summed E-state index contributed by atoms with van der Waals surface area (Å²) in [7, 11) is 1.90. The van der Waals surface area contributed by atoms with E-state index in [0.29, 0.717) is 18.6 Å². The molecular weight excluding hydrogens is 164 g/mol. The summed E-state index contributed by atoms with van der Waals surface area (Å²) in [5.74, 6) is 0.351. The lowest BCUT2D eigenvalue weighted by Crippen LogP contribution is -2.03. The minimum absolute atomic E-state index is 0.351. The van der Waals surface area contributed by atoms with Crippen LogP contribution in [0.3, 0.4) is 0 Å². The van der Waals surface area contributed by atoms with Crippen LogP contribution in [0.5, 0.6) is 0 Å². The summed E-state index contributed by atoms with van der Waals surface area (Å²) < 4.78 is 1.82. The average molecular weight is 180 g/mol. The zero-order valence-electron chi connectivity index (χ0n) is 8.29. The van der Waals surface area contributed by atoms with Gasteiger partial charge in [-0.1, -0.05) is 6.92 Å². The first-order chi connectivity index (χ1) is 6.24. The van der Waals surface area contributed by atoms with Gasteiger partial charge in [0.15, 0.2) is 0 Å². The molecule has 72 valence electrons. The van der Waals surface area contributed by atoms with Crippen molar-refractivity contribution in [3.63, 3.8) is 0 Å². The smallest absolute Gasteiger partial charge is 0.133 e. The molecule has 0 saturated carbocycles. The second-order valence-corrected chi connectivity index (χ2v) is 3.23. The molecule has 1 heterocycles. The SMILES string of the molecule is CCCC(=O)CCc1ccnn1C. The van der Waals surface area contributed by atoms with Gasteiger partial charge in [-0.25, -0.2) is 0 Å². The van der Waals surface area contributed by atoms with E-state index in [1.807, 2.05) is 24.7 Å². The number of carbonyl (C=O) groups excluding carboxylic acids is 1. The number of Topliss-reactive ketones (excluding diaryl/α,β-unsaturated/α-hetero) is 1. The second kappa shape index (κ2) is 4.80. The predicted octanol–water partition coefficient (Wildman–Crippen LogP) is 1.72. The summed E-state index contributed by atoms with van der Waals surface area (Å²) in [4.78, 5) is 11.2. The van der Waals surface area contributed by atoms with E-state index in [1.54, 1.807) is 6.20 Å². The van der Waals surface area contributed by atoms with Crippen LogP contribution in [0.2, 0.25) is 0 Å². The Balaban J connectivity index is 2.35. The Morgan fingerprint density at radius 2 is 2.31 bits per heavy atom. The Morgan fingerprint density at radius 1 is 1.54 bits per heavy atom. The third-order valence-corrected chi connectivity index (χ3v) is 2.11. The van der Waals surface area contributed by atoms with Crippen molar-refractivity contribution in [2.75, 3.05) is 0 Å². The maximum atomic E-state index is 11.2. The van der Waals surface area contributed by atoms with Gasteiger partial charge in [0.2, 0.25) is 0 Å². The molecule has 0 N–H and O–H groups in total. The first-order valence-corrected chi connectivity index (χ1v) is 4.72. The summed E-state index contributed by atoms with van der Waals surface area (Å²) in [6, 6.07) is 1.96. The van der Waals surface area contributed by atoms with Gasteiger partial charge in [-0.3, -0.25) is 9.48 Å². The molecule has 0 spiro atoms. The summed E-state index contributed by atoms with van der Waals surface area (Å²) in [6.07, 6.45) is 4.88. The number of aromatic nitrogens is 2. The van der Waals surface area contributed by atoms with E-state index in [4.69, 9.17) is 0 Å². The van der Waals surface area contributed by atoms with Crippen molar-refractivity contribution >= 4 is 5.78 Å². The van der Waals surface area contributed by atoms with Gasteiger partial charge < -0.3 is 0 Å². The molecule has 0 aromatic carbocycles. The number of rotatable bonds is 5. The quantitative estimate of drug-likeness (QED) is 0.691. The van der Waals surface area contributed by atoms with Gasteiger partial charge in [-0.2, -0.15) is 5.10 Å². The van der Waals surface area contributed by atoms with Crippen LogP contribution < -0.4 is 0 Å². The van der Waals surface area contributed by atoms with Crippen LogP contribution in [0.25, 0.3) is 0 Å². The van der Waals surface area contributed by atoms with E-state index < -0.39 is 0 Å². The van der Waals surface area contributed by atoms with Gasteiger partial charge >= 0.3 is 0 Å². The van der Waals surface area contributed by atoms with Crippen LogP contribution in [-0.2, 0) is 18.3 Å². The summed E-state index contributed by atoms with van der Waals surface area (Å²) in [6.45, 7) is 2.03. The highest BCUT2D eigenvalue weighted by Crippen LogP contribution is 2.03. The van der Waals surface area contributed by atoms with Gasteiger partial charge in [-0.15, -0.1) is 0 Å². The first-order valence-electron chi connectivity index (χ1n) is 4.72. The fourth-order valence-electron chi connectivity index (χ4n) is 1.32. The van der Waals surface area contributed by atoms with E-state index in [1.165, 1.54) is 0 Å². The van der Waals surface area contributed by atoms with E-state index in [0.717, 1.165) is 18.5 Å². The molecule has 0 aliphatic heterocycles. The molecule has 0 amide bonds. The Kier molecular flexibility index (Phi) is 3.68. The molecule has 0 unspecified atom stereocenters. The number of nitrogens with zero attached hydrogens (tertiary/aromatic N) is 2. The highest BCUT2D eigenvalue weighted by molar-refractivity contribution is 5.78. The molecule has 3 heteroatoms. The average Bonchev–Trinajstić information content (AvgIpc) is 2.48. The largest absolute Gasteiger partial charge is 0.300 e. The molecular formula is C10H16N2O. The lowest BCUT2D eigenvalue weighted by Gasteiger charge is -2.00. The molecule has 0 fully saturated rings. The minimum atomic E-state index is 0.351. The number of hydrogen-bond donors (Lipinski definition) is 0. The van der Waals surface area contributed by atoms with Crippen molar-refractivity contribution < 1.29 is 4.79 Å². The van der Waals surface area contributed by atoms with Crippen molar-refractivity contribution in [2.45, 2.75) is 32.6 Å². The number of ketones is 1. The Morgan fingerprint density at radius 3 is 2.85 bits per heavy atom. The molecule has 0 aliphatic carbocycles. The number of aryl methyl sites for hydroxylation is 2. The van der Waals surface area contributed by atoms with E-state index in [9.17, 15) is 4.79 Å². The van der Waals surface area contributed by atoms with E-state index >= 15 is 0 Å². The Labute approximate surface area is 78.8 Å². The zero-order valence-corrected chi connectivity index (χ0v) is 8.29. The van der Waals surface area contributed by atoms with Crippen LogP contribution in [0, 0.1) is 0 Å². The maximum absolute atomic E-state index is 11.2. The summed E-state index contributed by atoms with van der Waals surface area (Å²) >= 11 is 0. The lowest BCUT2D eigenvalue weighted by molar-refractivity contribution is -0.119. The van der Waals surface area contributed by atoms with Crippen LogP contribution in [-0.4, -0.2) is 15.6 Å². The molecule has 1 aromatic rings. The van der Waals surface area contributed by atoms with Gasteiger partial charge in [-0.05, 0) is 18.9 Å². The number of carbonyl (C=O) groups is 1. The van der Waals surface area contributed by atoms with Gasteiger partial charge in [0.25, 0.3) is 0 Å². The third-order valence-electron chi connectivity index (χ3n) is 2.11. The minimum Gasteiger partial charge on any atom is -0.300 e. The normalized spacial score (nSPS) is 10.3. The van der Waals surface area contributed by atoms with Crippen molar-refractivity contribution in [3.8, 4) is 0 Å². The Bertz CT molecular complexity index is 278. The van der Waals surface area contributed by atoms with Crippen LogP contribution in [0.15, 0.2) is 12.3 Å². The fourth-order valence-corrected chi connectivity index (χ4v) is 1.32. The second-order valence-electron chi connectivity index (χ2n) is 3.23. The molecule has 0 atom stereocenters. The molecule has 13 heavy (non-hydrogen) atoms. The van der Waals surface area contributed by atoms with Crippen molar-refractivity contribution in [1.82, 2.24) is 9.78 Å². The predicted molar refractivity (Wildman–Crippen MR) is 51.4 cm³/mol. The monoisotopic (exact) mass is 180 g/mol. The van der Waals surface area contributed by atoms with Crippen molar-refractivity contribution in [1.29, 1.82) is 0 Å². The third kappa shape index (κ3) is 3.01. The number of hydrogen-bond acceptors (Lipinski definition) is 2. The van der Waals surface area contributed by atoms with Gasteiger partial charge in [0.1, 0.15) is 5.78 Å². The summed E-state index contributed by atoms with van der Waals surface area (Å²) in [5.41, 5.74) is 1.13. The lowest BCUT2D eigenvalue weighted by atomic mass is 10.1. The van der Waals surface area contributed by atoms with Crippen LogP contribution in [0.4, 0.5) is 0 Å². The van der Waals surface area contributed by atoms with Gasteiger partial charge in [0.05, 0.1) is 0 Å². The Hall–Kier alpha value is -1.12. The van der Waals surface area contributed by atoms with Crippen molar-refractivity contribution in [2.24, 2.45) is 7.05 Å². The van der Waals surface area contributed by atoms with Crippen LogP contribution >= 0.6 is 0 Å². The molecule has 0 aliphatic rings. The highest BCUT2D eigenvalue weighted by atomic mass is 16.1.